The zero-order valence-corrected chi connectivity index (χ0v) is 10.3. The van der Waals surface area contributed by atoms with Crippen molar-refractivity contribution in [3.63, 3.8) is 0 Å². The van der Waals surface area contributed by atoms with Crippen molar-refractivity contribution in [1.29, 1.82) is 5.26 Å². The highest BCUT2D eigenvalue weighted by molar-refractivity contribution is 5.13. The van der Waals surface area contributed by atoms with Crippen molar-refractivity contribution in [3.05, 3.63) is 35.9 Å². The summed E-state index contributed by atoms with van der Waals surface area (Å²) in [7, 11) is 0. The third-order valence-electron chi connectivity index (χ3n) is 2.50. The summed E-state index contributed by atoms with van der Waals surface area (Å²) < 4.78 is 5.62. The molecule has 1 N–H and O–H groups in total. The molecule has 0 amide bonds. The van der Waals surface area contributed by atoms with Crippen LogP contribution in [-0.4, -0.2) is 17.3 Å². The van der Waals surface area contributed by atoms with Gasteiger partial charge >= 0.3 is 0 Å². The van der Waals surface area contributed by atoms with Crippen LogP contribution in [0.2, 0.25) is 0 Å². The first kappa shape index (κ1) is 13.7. The van der Waals surface area contributed by atoms with Crippen LogP contribution in [0.1, 0.15) is 25.8 Å². The minimum absolute atomic E-state index is 0.388. The van der Waals surface area contributed by atoms with Gasteiger partial charge in [-0.25, -0.2) is 0 Å². The number of aliphatic hydroxyl groups excluding tert-OH is 1. The summed E-state index contributed by atoms with van der Waals surface area (Å²) in [4.78, 5) is 0. The summed E-state index contributed by atoms with van der Waals surface area (Å²) in [5.74, 6) is 0.388. The van der Waals surface area contributed by atoms with Gasteiger partial charge in [-0.1, -0.05) is 44.2 Å². The molecule has 0 aliphatic carbocycles. The maximum atomic E-state index is 9.56. The van der Waals surface area contributed by atoms with Gasteiger partial charge in [-0.05, 0) is 17.9 Å². The van der Waals surface area contributed by atoms with E-state index >= 15 is 0 Å². The van der Waals surface area contributed by atoms with E-state index in [1.54, 1.807) is 0 Å². The number of hydrogen-bond donors (Lipinski definition) is 1. The Bertz CT molecular complexity index is 356. The van der Waals surface area contributed by atoms with E-state index in [4.69, 9.17) is 10.00 Å². The van der Waals surface area contributed by atoms with Crippen molar-refractivity contribution in [2.45, 2.75) is 39.1 Å². The Morgan fingerprint density at radius 1 is 1.29 bits per heavy atom. The Hall–Kier alpha value is -1.37. The van der Waals surface area contributed by atoms with Crippen LogP contribution in [0.25, 0.3) is 0 Å². The van der Waals surface area contributed by atoms with Gasteiger partial charge in [-0.15, -0.1) is 0 Å². The van der Waals surface area contributed by atoms with E-state index in [0.29, 0.717) is 18.9 Å². The molecule has 1 aromatic rings. The van der Waals surface area contributed by atoms with Gasteiger partial charge in [0.2, 0.25) is 0 Å². The summed E-state index contributed by atoms with van der Waals surface area (Å²) in [5.41, 5.74) is 1.05. The van der Waals surface area contributed by atoms with Crippen molar-refractivity contribution in [3.8, 4) is 6.07 Å². The molecule has 0 saturated carbocycles. The van der Waals surface area contributed by atoms with Gasteiger partial charge in [0.1, 0.15) is 0 Å². The zero-order valence-electron chi connectivity index (χ0n) is 10.3. The number of rotatable bonds is 6. The van der Waals surface area contributed by atoms with E-state index in [0.717, 1.165) is 5.56 Å². The molecule has 0 spiro atoms. The maximum absolute atomic E-state index is 9.56. The predicted molar refractivity (Wildman–Crippen MR) is 66.1 cm³/mol. The number of benzene rings is 1. The molecule has 0 aromatic heterocycles. The summed E-state index contributed by atoms with van der Waals surface area (Å²) >= 11 is 0. The van der Waals surface area contributed by atoms with E-state index in [1.165, 1.54) is 0 Å². The van der Waals surface area contributed by atoms with Crippen LogP contribution in [0.15, 0.2) is 30.3 Å². The molecule has 92 valence electrons. The van der Waals surface area contributed by atoms with Crippen molar-refractivity contribution in [1.82, 2.24) is 0 Å². The second kappa shape index (κ2) is 7.05. The summed E-state index contributed by atoms with van der Waals surface area (Å²) in [6.07, 6.45) is -0.789. The summed E-state index contributed by atoms with van der Waals surface area (Å²) in [5, 5.41) is 18.3. The molecular formula is C14H19NO2. The average molecular weight is 233 g/mol. The van der Waals surface area contributed by atoms with Crippen molar-refractivity contribution in [2.24, 2.45) is 5.92 Å². The predicted octanol–water partition coefficient (Wildman–Crippen LogP) is 2.50. The van der Waals surface area contributed by atoms with Crippen molar-refractivity contribution >= 4 is 0 Å². The molecule has 0 fully saturated rings. The number of nitriles is 1. The largest absolute Gasteiger partial charge is 0.375 e. The van der Waals surface area contributed by atoms with E-state index in [9.17, 15) is 5.11 Å². The topological polar surface area (TPSA) is 53.2 Å². The third kappa shape index (κ3) is 4.99. The van der Waals surface area contributed by atoms with Crippen LogP contribution in [0.4, 0.5) is 0 Å². The SMILES string of the molecule is CC(C)C[C@H](OCc1ccccc1)[C@@H](O)C#N. The lowest BCUT2D eigenvalue weighted by atomic mass is 10.0. The van der Waals surface area contributed by atoms with E-state index in [-0.39, 0.29) is 0 Å². The number of aliphatic hydroxyl groups is 1. The second-order valence-electron chi connectivity index (χ2n) is 4.54. The Labute approximate surface area is 103 Å². The van der Waals surface area contributed by atoms with Gasteiger partial charge < -0.3 is 9.84 Å². The van der Waals surface area contributed by atoms with Crippen LogP contribution in [0.3, 0.4) is 0 Å². The van der Waals surface area contributed by atoms with Gasteiger partial charge in [0.15, 0.2) is 6.10 Å². The fourth-order valence-corrected chi connectivity index (χ4v) is 1.61. The Kier molecular flexibility index (Phi) is 5.68. The Morgan fingerprint density at radius 3 is 2.47 bits per heavy atom. The van der Waals surface area contributed by atoms with Crippen LogP contribution in [0.5, 0.6) is 0 Å². The van der Waals surface area contributed by atoms with Crippen molar-refractivity contribution in [2.75, 3.05) is 0 Å². The molecule has 1 rings (SSSR count). The first-order valence-electron chi connectivity index (χ1n) is 5.86. The molecular weight excluding hydrogens is 214 g/mol. The minimum atomic E-state index is -1.05. The van der Waals surface area contributed by atoms with Crippen LogP contribution in [0, 0.1) is 17.2 Å². The average Bonchev–Trinajstić information content (AvgIpc) is 2.34. The Balaban J connectivity index is 2.52. The van der Waals surface area contributed by atoms with Gasteiger partial charge in [-0.3, -0.25) is 0 Å². The molecule has 2 atom stereocenters. The second-order valence-corrected chi connectivity index (χ2v) is 4.54. The molecule has 1 aromatic carbocycles. The van der Waals surface area contributed by atoms with E-state index < -0.39 is 12.2 Å². The third-order valence-corrected chi connectivity index (χ3v) is 2.50. The highest BCUT2D eigenvalue weighted by Gasteiger charge is 2.20. The lowest BCUT2D eigenvalue weighted by Gasteiger charge is -2.20. The number of nitrogens with zero attached hydrogens (tertiary/aromatic N) is 1. The van der Waals surface area contributed by atoms with E-state index in [1.807, 2.05) is 50.2 Å². The van der Waals surface area contributed by atoms with Crippen LogP contribution < -0.4 is 0 Å². The maximum Gasteiger partial charge on any atom is 0.166 e. The summed E-state index contributed by atoms with van der Waals surface area (Å²) in [6.45, 7) is 4.52. The highest BCUT2D eigenvalue weighted by Crippen LogP contribution is 2.14. The number of ether oxygens (including phenoxy) is 1. The Morgan fingerprint density at radius 2 is 1.94 bits per heavy atom. The first-order valence-corrected chi connectivity index (χ1v) is 5.86. The van der Waals surface area contributed by atoms with Gasteiger partial charge in [0, 0.05) is 0 Å². The normalized spacial score (nSPS) is 14.3. The lowest BCUT2D eigenvalue weighted by Crippen LogP contribution is -2.29. The highest BCUT2D eigenvalue weighted by atomic mass is 16.5. The standard InChI is InChI=1S/C14H19NO2/c1-11(2)8-14(13(16)9-15)17-10-12-6-4-3-5-7-12/h3-7,11,13-14,16H,8,10H2,1-2H3/t13-,14-/m0/s1. The van der Waals surface area contributed by atoms with Crippen LogP contribution in [-0.2, 0) is 11.3 Å². The molecule has 3 nitrogen and oxygen atoms in total. The quantitative estimate of drug-likeness (QED) is 0.768. The van der Waals surface area contributed by atoms with Crippen LogP contribution >= 0.6 is 0 Å². The monoisotopic (exact) mass is 233 g/mol. The smallest absolute Gasteiger partial charge is 0.166 e. The lowest BCUT2D eigenvalue weighted by molar-refractivity contribution is -0.0342. The molecule has 17 heavy (non-hydrogen) atoms. The molecule has 3 heteroatoms. The zero-order chi connectivity index (χ0) is 12.7. The molecule has 0 heterocycles. The summed E-state index contributed by atoms with van der Waals surface area (Å²) in [6, 6.07) is 11.6. The fraction of sp³-hybridized carbons (Fsp3) is 0.500. The molecule has 0 unspecified atom stereocenters. The molecule has 0 bridgehead atoms. The van der Waals surface area contributed by atoms with Gasteiger partial charge in [-0.2, -0.15) is 5.26 Å². The first-order chi connectivity index (χ1) is 8.13. The molecule has 0 saturated heterocycles. The van der Waals surface area contributed by atoms with E-state index in [2.05, 4.69) is 0 Å². The van der Waals surface area contributed by atoms with Gasteiger partial charge in [0.25, 0.3) is 0 Å². The molecule has 0 radical (unpaired) electrons. The number of hydrogen-bond acceptors (Lipinski definition) is 3. The molecule has 0 aliphatic heterocycles. The fourth-order valence-electron chi connectivity index (χ4n) is 1.61. The van der Waals surface area contributed by atoms with Gasteiger partial charge in [0.05, 0.1) is 18.8 Å². The molecule has 0 aliphatic rings. The minimum Gasteiger partial charge on any atom is -0.375 e. The van der Waals surface area contributed by atoms with Crippen molar-refractivity contribution < 1.29 is 9.84 Å².